The Balaban J connectivity index is 1.49. The molecule has 10 heteroatoms. The van der Waals surface area contributed by atoms with Crippen LogP contribution in [-0.4, -0.2) is 56.4 Å². The van der Waals surface area contributed by atoms with Gasteiger partial charge >= 0.3 is 5.97 Å². The zero-order valence-corrected chi connectivity index (χ0v) is 23.6. The smallest absolute Gasteiger partial charge is 0.320 e. The third-order valence-corrected chi connectivity index (χ3v) is 7.54. The lowest BCUT2D eigenvalue weighted by Crippen LogP contribution is -2.41. The van der Waals surface area contributed by atoms with E-state index in [4.69, 9.17) is 9.72 Å². The van der Waals surface area contributed by atoms with E-state index < -0.39 is 0 Å². The molecule has 3 heterocycles. The summed E-state index contributed by atoms with van der Waals surface area (Å²) in [6.45, 7) is 5.77. The molecule has 9 nitrogen and oxygen atoms in total. The number of likely N-dealkylation sites (tertiary alicyclic amines) is 1. The highest BCUT2D eigenvalue weighted by Gasteiger charge is 2.29. The zero-order valence-electron chi connectivity index (χ0n) is 23.6. The van der Waals surface area contributed by atoms with E-state index in [1.165, 1.54) is 12.1 Å². The molecule has 2 aromatic heterocycles. The van der Waals surface area contributed by atoms with E-state index in [0.717, 1.165) is 5.56 Å². The van der Waals surface area contributed by atoms with Gasteiger partial charge in [-0.15, -0.1) is 0 Å². The van der Waals surface area contributed by atoms with Gasteiger partial charge < -0.3 is 10.1 Å². The van der Waals surface area contributed by atoms with Gasteiger partial charge in [0.15, 0.2) is 0 Å². The summed E-state index contributed by atoms with van der Waals surface area (Å²) in [7, 11) is 1.86. The quantitative estimate of drug-likeness (QED) is 0.294. The third kappa shape index (κ3) is 6.22. The SMILES string of the molecule is CCOC(=O)CN1CCC(n2c(=O)c(-c3ccc(F)cc3)c(-c3ccnc(N[C@@H](C)c4ccccc4)n3)n2C)CC1. The van der Waals surface area contributed by atoms with Gasteiger partial charge in [0.25, 0.3) is 5.56 Å². The van der Waals surface area contributed by atoms with Crippen LogP contribution in [0.4, 0.5) is 10.3 Å². The fraction of sp³-hybridized carbons (Fsp3) is 0.355. The Morgan fingerprint density at radius 2 is 1.80 bits per heavy atom. The van der Waals surface area contributed by atoms with Crippen LogP contribution >= 0.6 is 0 Å². The fourth-order valence-electron chi connectivity index (χ4n) is 5.49. The van der Waals surface area contributed by atoms with E-state index in [0.29, 0.717) is 61.0 Å². The summed E-state index contributed by atoms with van der Waals surface area (Å²) < 4.78 is 22.6. The molecule has 1 aliphatic rings. The normalized spacial score (nSPS) is 15.0. The van der Waals surface area contributed by atoms with Gasteiger partial charge in [-0.25, -0.2) is 19.0 Å². The molecule has 0 unspecified atom stereocenters. The standard InChI is InChI=1S/C31H35FN6O3/c1-4-41-27(39)20-37-18-15-25(16-19-37)38-30(40)28(23-10-12-24(32)13-11-23)29(36(38)3)26-14-17-33-31(35-26)34-21(2)22-8-6-5-7-9-22/h5-14,17,21,25H,4,15-16,18-20H2,1-3H3,(H,33,34,35)/t21-/m0/s1. The van der Waals surface area contributed by atoms with Crippen LogP contribution in [0.15, 0.2) is 71.7 Å². The molecule has 1 saturated heterocycles. The number of halogens is 1. The number of anilines is 1. The molecule has 0 aliphatic carbocycles. The van der Waals surface area contributed by atoms with Crippen LogP contribution in [0, 0.1) is 5.82 Å². The maximum absolute atomic E-state index is 14.1. The summed E-state index contributed by atoms with van der Waals surface area (Å²) >= 11 is 0. The summed E-state index contributed by atoms with van der Waals surface area (Å²) in [4.78, 5) is 37.3. The lowest BCUT2D eigenvalue weighted by Gasteiger charge is -2.32. The largest absolute Gasteiger partial charge is 0.465 e. The van der Waals surface area contributed by atoms with E-state index >= 15 is 0 Å². The average Bonchev–Trinajstić information content (AvgIpc) is 3.24. The predicted molar refractivity (Wildman–Crippen MR) is 156 cm³/mol. The lowest BCUT2D eigenvalue weighted by atomic mass is 10.0. The molecule has 5 rings (SSSR count). The van der Waals surface area contributed by atoms with Gasteiger partial charge in [0.05, 0.1) is 42.2 Å². The van der Waals surface area contributed by atoms with Crippen molar-refractivity contribution in [3.05, 3.63) is 88.6 Å². The Bertz CT molecular complexity index is 1540. The van der Waals surface area contributed by atoms with Gasteiger partial charge in [-0.3, -0.25) is 19.2 Å². The lowest BCUT2D eigenvalue weighted by molar-refractivity contribution is -0.144. The number of hydrogen-bond acceptors (Lipinski definition) is 7. The number of aromatic nitrogens is 4. The summed E-state index contributed by atoms with van der Waals surface area (Å²) in [6, 6.07) is 17.7. The maximum atomic E-state index is 14.1. The Hall–Kier alpha value is -4.31. The zero-order chi connectivity index (χ0) is 28.9. The number of esters is 1. The van der Waals surface area contributed by atoms with Crippen molar-refractivity contribution in [2.75, 3.05) is 31.6 Å². The second-order valence-corrected chi connectivity index (χ2v) is 10.3. The Morgan fingerprint density at radius 1 is 1.10 bits per heavy atom. The highest BCUT2D eigenvalue weighted by atomic mass is 19.1. The monoisotopic (exact) mass is 558 g/mol. The van der Waals surface area contributed by atoms with Crippen LogP contribution in [0.25, 0.3) is 22.5 Å². The maximum Gasteiger partial charge on any atom is 0.320 e. The molecule has 1 fully saturated rings. The number of carbonyl (C=O) groups excluding carboxylic acids is 1. The first kappa shape index (κ1) is 28.2. The van der Waals surface area contributed by atoms with Crippen molar-refractivity contribution in [2.24, 2.45) is 7.05 Å². The van der Waals surface area contributed by atoms with Crippen LogP contribution in [-0.2, 0) is 16.6 Å². The Kier molecular flexibility index (Phi) is 8.58. The van der Waals surface area contributed by atoms with Crippen molar-refractivity contribution in [3.8, 4) is 22.5 Å². The van der Waals surface area contributed by atoms with Crippen molar-refractivity contribution in [1.82, 2.24) is 24.2 Å². The number of nitrogens with zero attached hydrogens (tertiary/aromatic N) is 5. The van der Waals surface area contributed by atoms with E-state index in [2.05, 4.69) is 15.2 Å². The first-order valence-corrected chi connectivity index (χ1v) is 14.0. The van der Waals surface area contributed by atoms with Crippen molar-refractivity contribution in [3.63, 3.8) is 0 Å². The van der Waals surface area contributed by atoms with Crippen molar-refractivity contribution in [1.29, 1.82) is 0 Å². The number of rotatable bonds is 9. The van der Waals surface area contributed by atoms with Gasteiger partial charge in [-0.2, -0.15) is 0 Å². The summed E-state index contributed by atoms with van der Waals surface area (Å²) in [5, 5.41) is 3.36. The van der Waals surface area contributed by atoms with Crippen LogP contribution < -0.4 is 10.9 Å². The van der Waals surface area contributed by atoms with Crippen LogP contribution in [0.5, 0.6) is 0 Å². The molecule has 1 N–H and O–H groups in total. The molecule has 0 amide bonds. The van der Waals surface area contributed by atoms with Crippen molar-refractivity contribution < 1.29 is 13.9 Å². The number of carbonyl (C=O) groups is 1. The van der Waals surface area contributed by atoms with E-state index in [1.54, 1.807) is 36.0 Å². The number of nitrogens with one attached hydrogen (secondary N) is 1. The first-order chi connectivity index (χ1) is 19.9. The van der Waals surface area contributed by atoms with Crippen molar-refractivity contribution in [2.45, 2.75) is 38.8 Å². The number of hydrogen-bond donors (Lipinski definition) is 1. The van der Waals surface area contributed by atoms with Crippen LogP contribution in [0.2, 0.25) is 0 Å². The molecule has 0 spiro atoms. The molecule has 1 atom stereocenters. The van der Waals surface area contributed by atoms with Gasteiger partial charge in [-0.1, -0.05) is 42.5 Å². The van der Waals surface area contributed by atoms with Crippen LogP contribution in [0.1, 0.15) is 44.3 Å². The molecule has 0 radical (unpaired) electrons. The Morgan fingerprint density at radius 3 is 2.49 bits per heavy atom. The minimum atomic E-state index is -0.371. The number of piperidine rings is 1. The van der Waals surface area contributed by atoms with E-state index in [9.17, 15) is 14.0 Å². The van der Waals surface area contributed by atoms with Gasteiger partial charge in [0.2, 0.25) is 5.95 Å². The molecule has 1 aliphatic heterocycles. The van der Waals surface area contributed by atoms with Crippen LogP contribution in [0.3, 0.4) is 0 Å². The summed E-state index contributed by atoms with van der Waals surface area (Å²) in [5.41, 5.74) is 3.23. The third-order valence-electron chi connectivity index (χ3n) is 7.54. The molecule has 41 heavy (non-hydrogen) atoms. The Labute approximate surface area is 238 Å². The average molecular weight is 559 g/mol. The number of ether oxygens (including phenoxy) is 1. The second-order valence-electron chi connectivity index (χ2n) is 10.3. The molecule has 0 bridgehead atoms. The van der Waals surface area contributed by atoms with Gasteiger partial charge in [-0.05, 0) is 56.0 Å². The van der Waals surface area contributed by atoms with E-state index in [-0.39, 0.29) is 36.0 Å². The minimum absolute atomic E-state index is 0.0313. The number of benzene rings is 2. The molecular weight excluding hydrogens is 523 g/mol. The molecule has 2 aromatic carbocycles. The molecular formula is C31H35FN6O3. The summed E-state index contributed by atoms with van der Waals surface area (Å²) in [6.07, 6.45) is 3.07. The predicted octanol–water partition coefficient (Wildman–Crippen LogP) is 4.82. The second kappa shape index (κ2) is 12.5. The highest BCUT2D eigenvalue weighted by Crippen LogP contribution is 2.32. The van der Waals surface area contributed by atoms with E-state index in [1.807, 2.05) is 49.0 Å². The molecule has 4 aromatic rings. The van der Waals surface area contributed by atoms with Crippen molar-refractivity contribution >= 4 is 11.9 Å². The van der Waals surface area contributed by atoms with Gasteiger partial charge in [0, 0.05) is 26.3 Å². The minimum Gasteiger partial charge on any atom is -0.465 e. The topological polar surface area (TPSA) is 94.3 Å². The highest BCUT2D eigenvalue weighted by molar-refractivity contribution is 5.79. The van der Waals surface area contributed by atoms with Gasteiger partial charge in [0.1, 0.15) is 5.82 Å². The first-order valence-electron chi connectivity index (χ1n) is 14.0. The summed E-state index contributed by atoms with van der Waals surface area (Å²) in [5.74, 6) is -0.169. The molecule has 214 valence electrons. The fourth-order valence-corrected chi connectivity index (χ4v) is 5.49. The molecule has 0 saturated carbocycles.